The van der Waals surface area contributed by atoms with Crippen molar-refractivity contribution in [1.29, 1.82) is 0 Å². The maximum atomic E-state index is 13.9. The van der Waals surface area contributed by atoms with Gasteiger partial charge >= 0.3 is 53.8 Å². The van der Waals surface area contributed by atoms with Gasteiger partial charge < -0.3 is 0 Å². The zero-order valence-electron chi connectivity index (χ0n) is 15.5. The van der Waals surface area contributed by atoms with Crippen LogP contribution in [0, 0.1) is 13.8 Å². The summed E-state index contributed by atoms with van der Waals surface area (Å²) < 4.78 is 211. The Morgan fingerprint density at radius 2 is 1.09 bits per heavy atom. The summed E-state index contributed by atoms with van der Waals surface area (Å²) in [7, 11) is 0. The third kappa shape index (κ3) is 3.60. The van der Waals surface area contributed by atoms with E-state index in [1.165, 1.54) is 0 Å². The monoisotopic (exact) mass is 524 g/mol. The minimum Gasteiger partial charge on any atom is -0.265 e. The SMILES string of the molecule is Cc1cc(C)n(C(=O)C(F)(F)C(F)(F)C(F)(F)C(F)(F)C(F)(F)C(F)(F)C(F)(F)C(F)F)n1. The number of halogens is 16. The van der Waals surface area contributed by atoms with E-state index >= 15 is 0 Å². The van der Waals surface area contributed by atoms with Crippen molar-refractivity contribution in [3.8, 4) is 0 Å². The van der Waals surface area contributed by atoms with Crippen LogP contribution in [-0.4, -0.2) is 63.6 Å². The fraction of sp³-hybridized carbons (Fsp3) is 0.714. The average molecular weight is 524 g/mol. The zero-order valence-corrected chi connectivity index (χ0v) is 15.5. The molecule has 0 aliphatic heterocycles. The molecule has 3 nitrogen and oxygen atoms in total. The number of carbonyl (C=O) groups excluding carboxylic acids is 1. The molecule has 0 aliphatic rings. The van der Waals surface area contributed by atoms with E-state index in [9.17, 15) is 75.0 Å². The number of carbonyl (C=O) groups is 1. The van der Waals surface area contributed by atoms with Gasteiger partial charge in [-0.3, -0.25) is 4.79 Å². The zero-order chi connectivity index (χ0) is 26.8. The Labute approximate surface area is 171 Å². The summed E-state index contributed by atoms with van der Waals surface area (Å²) in [5.41, 5.74) is -1.20. The molecule has 1 rings (SSSR count). The molecule has 0 spiro atoms. The van der Waals surface area contributed by atoms with E-state index in [4.69, 9.17) is 0 Å². The number of aryl methyl sites for hydroxylation is 2. The van der Waals surface area contributed by atoms with Gasteiger partial charge in [0.15, 0.2) is 0 Å². The maximum Gasteiger partial charge on any atom is 0.395 e. The van der Waals surface area contributed by atoms with Gasteiger partial charge in [0.05, 0.1) is 5.69 Å². The van der Waals surface area contributed by atoms with Gasteiger partial charge in [-0.25, -0.2) is 8.78 Å². The van der Waals surface area contributed by atoms with E-state index < -0.39 is 69.9 Å². The molecule has 33 heavy (non-hydrogen) atoms. The predicted molar refractivity (Wildman–Crippen MR) is 73.0 cm³/mol. The Morgan fingerprint density at radius 1 is 0.727 bits per heavy atom. The maximum absolute atomic E-state index is 13.9. The van der Waals surface area contributed by atoms with E-state index in [2.05, 4.69) is 5.10 Å². The fourth-order valence-electron chi connectivity index (χ4n) is 2.24. The van der Waals surface area contributed by atoms with Gasteiger partial charge in [0.2, 0.25) is 0 Å². The number of nitrogens with zero attached hydrogens (tertiary/aromatic N) is 2. The van der Waals surface area contributed by atoms with Crippen LogP contribution < -0.4 is 0 Å². The first-order chi connectivity index (χ1) is 14.3. The summed E-state index contributed by atoms with van der Waals surface area (Å²) in [5, 5.41) is 2.84. The van der Waals surface area contributed by atoms with Crippen molar-refractivity contribution in [3.63, 3.8) is 0 Å². The predicted octanol–water partition coefficient (Wildman–Crippen LogP) is 5.85. The lowest BCUT2D eigenvalue weighted by Crippen LogP contribution is -2.74. The lowest BCUT2D eigenvalue weighted by Gasteiger charge is -2.42. The van der Waals surface area contributed by atoms with E-state index in [-0.39, 0.29) is 0 Å². The van der Waals surface area contributed by atoms with Crippen LogP contribution in [0.1, 0.15) is 16.2 Å². The van der Waals surface area contributed by atoms with E-state index in [0.29, 0.717) is 13.0 Å². The lowest BCUT2D eigenvalue weighted by molar-refractivity contribution is -0.443. The smallest absolute Gasteiger partial charge is 0.265 e. The van der Waals surface area contributed by atoms with Crippen molar-refractivity contribution in [3.05, 3.63) is 17.5 Å². The summed E-state index contributed by atoms with van der Waals surface area (Å²) in [6.45, 7) is 1.61. The molecule has 0 atom stereocenters. The van der Waals surface area contributed by atoms with Crippen molar-refractivity contribution < 1.29 is 75.0 Å². The van der Waals surface area contributed by atoms with Crippen LogP contribution in [0.25, 0.3) is 0 Å². The summed E-state index contributed by atoms with van der Waals surface area (Å²) in [6, 6.07) is 0.694. The minimum atomic E-state index is -8.55. The minimum absolute atomic E-state index is 0.405. The molecule has 0 unspecified atom stereocenters. The summed E-state index contributed by atoms with van der Waals surface area (Å²) in [4.78, 5) is 11.6. The van der Waals surface area contributed by atoms with E-state index in [1.807, 2.05) is 0 Å². The Bertz CT molecular complexity index is 903. The first kappa shape index (κ1) is 28.8. The van der Waals surface area contributed by atoms with Gasteiger partial charge in [-0.1, -0.05) is 0 Å². The largest absolute Gasteiger partial charge is 0.395 e. The molecule has 0 bridgehead atoms. The molecule has 0 fully saturated rings. The standard InChI is InChI=1S/C14H8F16N2O/c1-4-3-5(2)32(31-4)7(33)9(19,20)11(23,24)13(27,28)14(29,30)12(25,26)10(21,22)8(17,18)6(15)16/h3,6H,1-2H3. The van der Waals surface area contributed by atoms with Crippen LogP contribution in [0.2, 0.25) is 0 Å². The molecule has 0 aliphatic carbocycles. The van der Waals surface area contributed by atoms with Crippen molar-refractivity contribution >= 4 is 5.91 Å². The third-order valence-electron chi connectivity index (χ3n) is 4.13. The molecular formula is C14H8F16N2O. The second-order valence-electron chi connectivity index (χ2n) is 6.51. The molecule has 0 aromatic carbocycles. The van der Waals surface area contributed by atoms with Crippen molar-refractivity contribution in [1.82, 2.24) is 9.78 Å². The van der Waals surface area contributed by atoms with Crippen LogP contribution in [0.4, 0.5) is 70.2 Å². The van der Waals surface area contributed by atoms with Crippen molar-refractivity contribution in [2.24, 2.45) is 0 Å². The van der Waals surface area contributed by atoms with Crippen LogP contribution in [-0.2, 0) is 0 Å². The Hall–Kier alpha value is -2.24. The van der Waals surface area contributed by atoms with Gasteiger partial charge in [-0.05, 0) is 19.9 Å². The third-order valence-corrected chi connectivity index (χ3v) is 4.13. The van der Waals surface area contributed by atoms with Gasteiger partial charge in [0, 0.05) is 5.69 Å². The highest BCUT2D eigenvalue weighted by molar-refractivity contribution is 5.87. The number of rotatable bonds is 8. The quantitative estimate of drug-likeness (QED) is 0.400. The molecule has 0 radical (unpaired) electrons. The van der Waals surface area contributed by atoms with Crippen LogP contribution in [0.15, 0.2) is 6.07 Å². The Kier molecular flexibility index (Phi) is 6.67. The molecule has 19 heteroatoms. The summed E-state index contributed by atoms with van der Waals surface area (Å²) in [5.74, 6) is -59.7. The van der Waals surface area contributed by atoms with Gasteiger partial charge in [0.1, 0.15) is 0 Å². The number of hydrogen-bond donors (Lipinski definition) is 0. The fourth-order valence-corrected chi connectivity index (χ4v) is 2.24. The highest BCUT2D eigenvalue weighted by Gasteiger charge is 2.94. The summed E-state index contributed by atoms with van der Waals surface area (Å²) >= 11 is 0. The lowest BCUT2D eigenvalue weighted by atomic mass is 9.89. The molecule has 192 valence electrons. The average Bonchev–Trinajstić information content (AvgIpc) is 2.97. The van der Waals surface area contributed by atoms with Crippen molar-refractivity contribution in [2.45, 2.75) is 61.7 Å². The second-order valence-corrected chi connectivity index (χ2v) is 6.51. The number of hydrogen-bond acceptors (Lipinski definition) is 2. The number of alkyl halides is 16. The van der Waals surface area contributed by atoms with Crippen LogP contribution in [0.3, 0.4) is 0 Å². The van der Waals surface area contributed by atoms with Crippen LogP contribution in [0.5, 0.6) is 0 Å². The normalized spacial score (nSPS) is 15.4. The highest BCUT2D eigenvalue weighted by atomic mass is 19.4. The molecule has 0 saturated heterocycles. The van der Waals surface area contributed by atoms with Gasteiger partial charge in [0.25, 0.3) is 0 Å². The molecule has 1 aromatic rings. The van der Waals surface area contributed by atoms with Crippen LogP contribution >= 0.6 is 0 Å². The first-order valence-electron chi connectivity index (χ1n) is 7.77. The van der Waals surface area contributed by atoms with Gasteiger partial charge in [-0.2, -0.15) is 71.2 Å². The highest BCUT2D eigenvalue weighted by Crippen LogP contribution is 2.62. The Balaban J connectivity index is 3.68. The van der Waals surface area contributed by atoms with Gasteiger partial charge in [-0.15, -0.1) is 0 Å². The second kappa shape index (κ2) is 7.64. The van der Waals surface area contributed by atoms with E-state index in [0.717, 1.165) is 6.92 Å². The Morgan fingerprint density at radius 3 is 1.42 bits per heavy atom. The van der Waals surface area contributed by atoms with E-state index in [1.54, 1.807) is 0 Å². The van der Waals surface area contributed by atoms with Crippen molar-refractivity contribution in [2.75, 3.05) is 0 Å². The molecule has 0 saturated carbocycles. The molecule has 0 N–H and O–H groups in total. The summed E-state index contributed by atoms with van der Waals surface area (Å²) in [6.07, 6.45) is -5.92. The molecule has 1 aromatic heterocycles. The topological polar surface area (TPSA) is 34.9 Å². The first-order valence-corrected chi connectivity index (χ1v) is 7.77. The molecule has 1 heterocycles. The molecular weight excluding hydrogens is 516 g/mol. The molecule has 0 amide bonds. The number of aromatic nitrogens is 2.